The highest BCUT2D eigenvalue weighted by atomic mass is 35.5. The first kappa shape index (κ1) is 21.6. The zero-order chi connectivity index (χ0) is 22.1. The first-order valence-corrected chi connectivity index (χ1v) is 9.99. The highest BCUT2D eigenvalue weighted by Gasteiger charge is 2.53. The van der Waals surface area contributed by atoms with E-state index in [0.29, 0.717) is 28.4 Å². The molecule has 0 saturated carbocycles. The summed E-state index contributed by atoms with van der Waals surface area (Å²) >= 11 is 6.09. The molecule has 158 valence electrons. The molecule has 1 saturated heterocycles. The third kappa shape index (κ3) is 3.61. The van der Waals surface area contributed by atoms with Gasteiger partial charge in [0.25, 0.3) is 5.91 Å². The van der Waals surface area contributed by atoms with Crippen molar-refractivity contribution < 1.29 is 19.1 Å². The number of carbonyl (C=O) groups excluding carboxylic acids is 3. The van der Waals surface area contributed by atoms with Crippen LogP contribution >= 0.6 is 11.6 Å². The van der Waals surface area contributed by atoms with Gasteiger partial charge in [0.15, 0.2) is 0 Å². The van der Waals surface area contributed by atoms with Crippen molar-refractivity contribution in [3.63, 3.8) is 0 Å². The van der Waals surface area contributed by atoms with Crippen molar-refractivity contribution in [1.29, 1.82) is 0 Å². The second-order valence-electron chi connectivity index (χ2n) is 7.19. The molecule has 4 amide bonds. The lowest BCUT2D eigenvalue weighted by atomic mass is 9.86. The lowest BCUT2D eigenvalue weighted by Crippen LogP contribution is -2.48. The van der Waals surface area contributed by atoms with Crippen LogP contribution in [0, 0.1) is 6.92 Å². The highest BCUT2D eigenvalue weighted by molar-refractivity contribution is 6.33. The summed E-state index contributed by atoms with van der Waals surface area (Å²) in [5.74, 6) is -0.295. The van der Waals surface area contributed by atoms with E-state index in [2.05, 4.69) is 10.6 Å². The fourth-order valence-electron chi connectivity index (χ4n) is 3.65. The topological polar surface area (TPSA) is 87.7 Å². The van der Waals surface area contributed by atoms with E-state index in [0.717, 1.165) is 10.5 Å². The van der Waals surface area contributed by atoms with Gasteiger partial charge in [-0.1, -0.05) is 36.7 Å². The van der Waals surface area contributed by atoms with E-state index in [1.165, 1.54) is 6.92 Å². The SMILES string of the molecule is CCC1(c2ccc(OC)c(C)c2)NC(=O)N(C(C)C(=O)Nc2ccccc2Cl)C1=O. The van der Waals surface area contributed by atoms with E-state index in [-0.39, 0.29) is 0 Å². The molecular weight excluding hydrogens is 406 g/mol. The summed E-state index contributed by atoms with van der Waals surface area (Å²) in [4.78, 5) is 39.9. The molecule has 0 aromatic heterocycles. The average molecular weight is 430 g/mol. The molecule has 2 aromatic rings. The molecule has 1 fully saturated rings. The lowest BCUT2D eigenvalue weighted by Gasteiger charge is -2.27. The van der Waals surface area contributed by atoms with Gasteiger partial charge in [0.05, 0.1) is 17.8 Å². The monoisotopic (exact) mass is 429 g/mol. The number of amides is 4. The Balaban J connectivity index is 1.89. The van der Waals surface area contributed by atoms with Gasteiger partial charge in [-0.05, 0) is 55.7 Å². The molecular formula is C22H24ClN3O4. The lowest BCUT2D eigenvalue weighted by molar-refractivity contribution is -0.136. The molecule has 7 nitrogen and oxygen atoms in total. The van der Waals surface area contributed by atoms with E-state index in [1.807, 2.05) is 19.9 Å². The van der Waals surface area contributed by atoms with Crippen LogP contribution in [0.2, 0.25) is 5.02 Å². The number of rotatable bonds is 6. The summed E-state index contributed by atoms with van der Waals surface area (Å²) in [6, 6.07) is 10.5. The van der Waals surface area contributed by atoms with Crippen molar-refractivity contribution in [1.82, 2.24) is 10.2 Å². The van der Waals surface area contributed by atoms with Crippen LogP contribution in [0.15, 0.2) is 42.5 Å². The quantitative estimate of drug-likeness (QED) is 0.683. The van der Waals surface area contributed by atoms with Gasteiger partial charge in [0.1, 0.15) is 17.3 Å². The maximum absolute atomic E-state index is 13.4. The number of methoxy groups -OCH3 is 1. The first-order valence-electron chi connectivity index (χ1n) is 9.61. The smallest absolute Gasteiger partial charge is 0.326 e. The predicted octanol–water partition coefficient (Wildman–Crippen LogP) is 3.84. The Bertz CT molecular complexity index is 1010. The van der Waals surface area contributed by atoms with Gasteiger partial charge >= 0.3 is 6.03 Å². The van der Waals surface area contributed by atoms with Crippen LogP contribution in [0.4, 0.5) is 10.5 Å². The standard InChI is InChI=1S/C22H24ClN3O4/c1-5-22(15-10-11-18(30-4)13(2)12-15)20(28)26(21(29)25-22)14(3)19(27)24-17-9-7-6-8-16(17)23/h6-12,14H,5H2,1-4H3,(H,24,27)(H,25,29). The van der Waals surface area contributed by atoms with Crippen LogP contribution in [0.3, 0.4) is 0 Å². The molecule has 2 atom stereocenters. The van der Waals surface area contributed by atoms with Crippen molar-refractivity contribution >= 4 is 35.1 Å². The summed E-state index contributed by atoms with van der Waals surface area (Å²) in [6.45, 7) is 5.19. The summed E-state index contributed by atoms with van der Waals surface area (Å²) < 4.78 is 5.29. The number of urea groups is 1. The number of nitrogens with zero attached hydrogens (tertiary/aromatic N) is 1. The van der Waals surface area contributed by atoms with Crippen molar-refractivity contribution in [3.05, 3.63) is 58.6 Å². The third-order valence-electron chi connectivity index (χ3n) is 5.44. The Morgan fingerprint density at radius 1 is 1.27 bits per heavy atom. The molecule has 2 N–H and O–H groups in total. The number of anilines is 1. The number of para-hydroxylation sites is 1. The number of benzene rings is 2. The van der Waals surface area contributed by atoms with Gasteiger partial charge in [-0.3, -0.25) is 9.59 Å². The molecule has 2 aromatic carbocycles. The van der Waals surface area contributed by atoms with Crippen LogP contribution in [0.1, 0.15) is 31.4 Å². The third-order valence-corrected chi connectivity index (χ3v) is 5.77. The summed E-state index contributed by atoms with van der Waals surface area (Å²) in [6.07, 6.45) is 0.332. The molecule has 0 radical (unpaired) electrons. The predicted molar refractivity (Wildman–Crippen MR) is 115 cm³/mol. The molecule has 1 aliphatic rings. The van der Waals surface area contributed by atoms with Crippen LogP contribution in [-0.2, 0) is 15.1 Å². The van der Waals surface area contributed by atoms with Crippen LogP contribution in [-0.4, -0.2) is 35.9 Å². The van der Waals surface area contributed by atoms with E-state index in [9.17, 15) is 14.4 Å². The number of nitrogens with one attached hydrogen (secondary N) is 2. The number of ether oxygens (including phenoxy) is 1. The molecule has 2 unspecified atom stereocenters. The minimum absolute atomic E-state index is 0.332. The van der Waals surface area contributed by atoms with Gasteiger partial charge in [-0.25, -0.2) is 9.69 Å². The fourth-order valence-corrected chi connectivity index (χ4v) is 3.83. The van der Waals surface area contributed by atoms with Crippen molar-refractivity contribution in [2.24, 2.45) is 0 Å². The van der Waals surface area contributed by atoms with Gasteiger partial charge in [-0.15, -0.1) is 0 Å². The number of aryl methyl sites for hydroxylation is 1. The zero-order valence-corrected chi connectivity index (χ0v) is 18.0. The van der Waals surface area contributed by atoms with Gasteiger partial charge in [-0.2, -0.15) is 0 Å². The maximum atomic E-state index is 13.4. The Morgan fingerprint density at radius 2 is 1.97 bits per heavy atom. The molecule has 1 aliphatic heterocycles. The van der Waals surface area contributed by atoms with Crippen molar-refractivity contribution in [3.8, 4) is 5.75 Å². The Labute approximate surface area is 180 Å². The zero-order valence-electron chi connectivity index (χ0n) is 17.3. The number of carbonyl (C=O) groups is 3. The molecule has 0 spiro atoms. The van der Waals surface area contributed by atoms with Gasteiger partial charge in [0.2, 0.25) is 5.91 Å². The molecule has 1 heterocycles. The fraction of sp³-hybridized carbons (Fsp3) is 0.318. The number of hydrogen-bond acceptors (Lipinski definition) is 4. The summed E-state index contributed by atoms with van der Waals surface area (Å²) in [5.41, 5.74) is 0.652. The first-order chi connectivity index (χ1) is 14.2. The number of hydrogen-bond donors (Lipinski definition) is 2. The number of halogens is 1. The normalized spacial score (nSPS) is 19.4. The van der Waals surface area contributed by atoms with Crippen molar-refractivity contribution in [2.45, 2.75) is 38.8 Å². The largest absolute Gasteiger partial charge is 0.496 e. The van der Waals surface area contributed by atoms with E-state index < -0.39 is 29.4 Å². The molecule has 8 heteroatoms. The van der Waals surface area contributed by atoms with Crippen LogP contribution in [0.25, 0.3) is 0 Å². The van der Waals surface area contributed by atoms with E-state index in [4.69, 9.17) is 16.3 Å². The van der Waals surface area contributed by atoms with Gasteiger partial charge in [0, 0.05) is 0 Å². The van der Waals surface area contributed by atoms with Gasteiger partial charge < -0.3 is 15.4 Å². The molecule has 30 heavy (non-hydrogen) atoms. The second-order valence-corrected chi connectivity index (χ2v) is 7.60. The Morgan fingerprint density at radius 3 is 2.57 bits per heavy atom. The summed E-state index contributed by atoms with van der Waals surface area (Å²) in [7, 11) is 1.57. The van der Waals surface area contributed by atoms with E-state index in [1.54, 1.807) is 43.5 Å². The molecule has 3 rings (SSSR count). The maximum Gasteiger partial charge on any atom is 0.326 e. The molecule has 0 bridgehead atoms. The second kappa shape index (κ2) is 8.36. The highest BCUT2D eigenvalue weighted by Crippen LogP contribution is 2.35. The minimum atomic E-state index is -1.24. The Hall–Kier alpha value is -3.06. The van der Waals surface area contributed by atoms with Crippen LogP contribution < -0.4 is 15.4 Å². The number of imide groups is 1. The summed E-state index contributed by atoms with van der Waals surface area (Å²) in [5, 5.41) is 5.84. The molecule has 0 aliphatic carbocycles. The van der Waals surface area contributed by atoms with E-state index >= 15 is 0 Å². The Kier molecular flexibility index (Phi) is 6.03. The average Bonchev–Trinajstić information content (AvgIpc) is 2.99. The minimum Gasteiger partial charge on any atom is -0.496 e. The van der Waals surface area contributed by atoms with Crippen LogP contribution in [0.5, 0.6) is 5.75 Å². The van der Waals surface area contributed by atoms with Crippen molar-refractivity contribution in [2.75, 3.05) is 12.4 Å².